The van der Waals surface area contributed by atoms with Crippen molar-refractivity contribution in [3.05, 3.63) is 29.5 Å². The molecule has 2 rings (SSSR count). The van der Waals surface area contributed by atoms with Crippen molar-refractivity contribution in [3.63, 3.8) is 0 Å². The minimum atomic E-state index is 0.107. The SMILES string of the molecule is CCN(CC)c1nc(Cl)nc(Oc2ccc(OC)cc2)n1. The third-order valence-corrected chi connectivity index (χ3v) is 3.06. The van der Waals surface area contributed by atoms with E-state index in [1.165, 1.54) is 0 Å². The van der Waals surface area contributed by atoms with Crippen molar-refractivity contribution in [2.45, 2.75) is 13.8 Å². The van der Waals surface area contributed by atoms with Gasteiger partial charge < -0.3 is 14.4 Å². The number of hydrogen-bond acceptors (Lipinski definition) is 6. The summed E-state index contributed by atoms with van der Waals surface area (Å²) in [4.78, 5) is 14.3. The minimum Gasteiger partial charge on any atom is -0.497 e. The molecule has 0 fully saturated rings. The molecule has 0 bridgehead atoms. The largest absolute Gasteiger partial charge is 0.497 e. The van der Waals surface area contributed by atoms with E-state index in [4.69, 9.17) is 21.1 Å². The summed E-state index contributed by atoms with van der Waals surface area (Å²) in [6.07, 6.45) is 0. The van der Waals surface area contributed by atoms with E-state index in [-0.39, 0.29) is 11.3 Å². The molecule has 112 valence electrons. The fourth-order valence-corrected chi connectivity index (χ4v) is 1.91. The van der Waals surface area contributed by atoms with Crippen LogP contribution >= 0.6 is 11.6 Å². The van der Waals surface area contributed by atoms with Crippen molar-refractivity contribution in [2.75, 3.05) is 25.1 Å². The Balaban J connectivity index is 2.22. The van der Waals surface area contributed by atoms with Crippen LogP contribution in [-0.4, -0.2) is 35.2 Å². The number of methoxy groups -OCH3 is 1. The van der Waals surface area contributed by atoms with Crippen molar-refractivity contribution in [1.82, 2.24) is 15.0 Å². The summed E-state index contributed by atoms with van der Waals surface area (Å²) in [6, 6.07) is 7.30. The molecule has 0 spiro atoms. The molecular weight excluding hydrogens is 292 g/mol. The Labute approximate surface area is 128 Å². The quantitative estimate of drug-likeness (QED) is 0.817. The fraction of sp³-hybridized carbons (Fsp3) is 0.357. The molecule has 0 aliphatic rings. The van der Waals surface area contributed by atoms with E-state index >= 15 is 0 Å². The lowest BCUT2D eigenvalue weighted by Gasteiger charge is -2.18. The number of nitrogens with zero attached hydrogens (tertiary/aromatic N) is 4. The predicted octanol–water partition coefficient (Wildman–Crippen LogP) is 3.17. The molecule has 7 heteroatoms. The molecule has 0 radical (unpaired) electrons. The maximum absolute atomic E-state index is 5.93. The average molecular weight is 309 g/mol. The van der Waals surface area contributed by atoms with Gasteiger partial charge in [0.15, 0.2) is 0 Å². The number of hydrogen-bond donors (Lipinski definition) is 0. The van der Waals surface area contributed by atoms with E-state index in [2.05, 4.69) is 15.0 Å². The molecule has 21 heavy (non-hydrogen) atoms. The van der Waals surface area contributed by atoms with Crippen molar-refractivity contribution in [2.24, 2.45) is 0 Å². The van der Waals surface area contributed by atoms with Crippen molar-refractivity contribution in [3.8, 4) is 17.5 Å². The maximum Gasteiger partial charge on any atom is 0.328 e. The van der Waals surface area contributed by atoms with Gasteiger partial charge in [0.25, 0.3) is 0 Å². The Hall–Kier alpha value is -2.08. The lowest BCUT2D eigenvalue weighted by molar-refractivity contribution is 0.410. The molecule has 1 aromatic heterocycles. The molecule has 1 aromatic carbocycles. The molecule has 0 saturated heterocycles. The Morgan fingerprint density at radius 1 is 1.00 bits per heavy atom. The first-order chi connectivity index (χ1) is 10.2. The second-order valence-electron chi connectivity index (χ2n) is 4.14. The summed E-state index contributed by atoms with van der Waals surface area (Å²) in [7, 11) is 1.61. The first kappa shape index (κ1) is 15.3. The molecular formula is C14H17ClN4O2. The standard InChI is InChI=1S/C14H17ClN4O2/c1-4-19(5-2)13-16-12(15)17-14(18-13)21-11-8-6-10(20-3)7-9-11/h6-9H,4-5H2,1-3H3. The smallest absolute Gasteiger partial charge is 0.328 e. The van der Waals surface area contributed by atoms with Gasteiger partial charge in [-0.2, -0.15) is 15.0 Å². The van der Waals surface area contributed by atoms with Crippen LogP contribution in [0.2, 0.25) is 5.28 Å². The molecule has 0 aliphatic carbocycles. The number of ether oxygens (including phenoxy) is 2. The normalized spacial score (nSPS) is 10.3. The van der Waals surface area contributed by atoms with Crippen LogP contribution in [0, 0.1) is 0 Å². The Bertz CT molecular complexity index is 588. The van der Waals surface area contributed by atoms with Gasteiger partial charge >= 0.3 is 6.01 Å². The second kappa shape index (κ2) is 7.08. The lowest BCUT2D eigenvalue weighted by Crippen LogP contribution is -2.24. The van der Waals surface area contributed by atoms with Crippen molar-refractivity contribution >= 4 is 17.5 Å². The first-order valence-corrected chi connectivity index (χ1v) is 7.02. The number of aromatic nitrogens is 3. The molecule has 0 amide bonds. The highest BCUT2D eigenvalue weighted by Gasteiger charge is 2.11. The van der Waals surface area contributed by atoms with Crippen LogP contribution in [0.5, 0.6) is 17.5 Å². The Morgan fingerprint density at radius 2 is 1.62 bits per heavy atom. The molecule has 0 atom stereocenters. The van der Waals surface area contributed by atoms with Gasteiger partial charge in [0.2, 0.25) is 11.2 Å². The molecule has 0 unspecified atom stereocenters. The summed E-state index contributed by atoms with van der Waals surface area (Å²) in [5.74, 6) is 1.85. The van der Waals surface area contributed by atoms with E-state index in [1.807, 2.05) is 18.7 Å². The van der Waals surface area contributed by atoms with Crippen LogP contribution in [0.15, 0.2) is 24.3 Å². The summed E-state index contributed by atoms with van der Waals surface area (Å²) >= 11 is 5.93. The summed E-state index contributed by atoms with van der Waals surface area (Å²) in [5.41, 5.74) is 0. The molecule has 6 nitrogen and oxygen atoms in total. The van der Waals surface area contributed by atoms with Gasteiger partial charge in [0, 0.05) is 13.1 Å². The highest BCUT2D eigenvalue weighted by atomic mass is 35.5. The van der Waals surface area contributed by atoms with Crippen LogP contribution in [0.4, 0.5) is 5.95 Å². The lowest BCUT2D eigenvalue weighted by atomic mass is 10.3. The van der Waals surface area contributed by atoms with Gasteiger partial charge in [-0.3, -0.25) is 0 Å². The maximum atomic E-state index is 5.93. The molecule has 0 N–H and O–H groups in total. The number of benzene rings is 1. The molecule has 0 saturated carbocycles. The number of rotatable bonds is 6. The Kier molecular flexibility index (Phi) is 5.16. The summed E-state index contributed by atoms with van der Waals surface area (Å²) in [5, 5.41) is 0.107. The van der Waals surface area contributed by atoms with E-state index in [0.29, 0.717) is 11.7 Å². The summed E-state index contributed by atoms with van der Waals surface area (Å²) < 4.78 is 10.7. The number of halogens is 1. The summed E-state index contributed by atoms with van der Waals surface area (Å²) in [6.45, 7) is 5.59. The van der Waals surface area contributed by atoms with E-state index in [1.54, 1.807) is 31.4 Å². The van der Waals surface area contributed by atoms with Gasteiger partial charge in [-0.25, -0.2) is 0 Å². The van der Waals surface area contributed by atoms with Gasteiger partial charge in [0.05, 0.1) is 7.11 Å². The average Bonchev–Trinajstić information content (AvgIpc) is 2.49. The minimum absolute atomic E-state index is 0.107. The molecule has 2 aromatic rings. The van der Waals surface area contributed by atoms with Gasteiger partial charge in [-0.15, -0.1) is 0 Å². The van der Waals surface area contributed by atoms with Crippen molar-refractivity contribution in [1.29, 1.82) is 0 Å². The molecule has 0 aliphatic heterocycles. The fourth-order valence-electron chi connectivity index (χ4n) is 1.76. The van der Waals surface area contributed by atoms with Crippen LogP contribution in [-0.2, 0) is 0 Å². The van der Waals surface area contributed by atoms with Gasteiger partial charge in [-0.05, 0) is 49.7 Å². The molecule has 1 heterocycles. The van der Waals surface area contributed by atoms with E-state index in [0.717, 1.165) is 18.8 Å². The zero-order chi connectivity index (χ0) is 15.2. The van der Waals surface area contributed by atoms with E-state index in [9.17, 15) is 0 Å². The third-order valence-electron chi connectivity index (χ3n) is 2.89. The van der Waals surface area contributed by atoms with Crippen LogP contribution in [0.3, 0.4) is 0 Å². The third kappa shape index (κ3) is 3.95. The highest BCUT2D eigenvalue weighted by molar-refractivity contribution is 6.28. The van der Waals surface area contributed by atoms with Crippen LogP contribution in [0.1, 0.15) is 13.8 Å². The van der Waals surface area contributed by atoms with Gasteiger partial charge in [-0.1, -0.05) is 0 Å². The number of anilines is 1. The van der Waals surface area contributed by atoms with Crippen LogP contribution < -0.4 is 14.4 Å². The van der Waals surface area contributed by atoms with Crippen LogP contribution in [0.25, 0.3) is 0 Å². The topological polar surface area (TPSA) is 60.4 Å². The second-order valence-corrected chi connectivity index (χ2v) is 4.47. The van der Waals surface area contributed by atoms with Crippen molar-refractivity contribution < 1.29 is 9.47 Å². The predicted molar refractivity (Wildman–Crippen MR) is 81.5 cm³/mol. The highest BCUT2D eigenvalue weighted by Crippen LogP contribution is 2.23. The monoisotopic (exact) mass is 308 g/mol. The zero-order valence-electron chi connectivity index (χ0n) is 12.2. The zero-order valence-corrected chi connectivity index (χ0v) is 13.0. The first-order valence-electron chi connectivity index (χ1n) is 6.64. The van der Waals surface area contributed by atoms with Gasteiger partial charge in [0.1, 0.15) is 11.5 Å². The Morgan fingerprint density at radius 3 is 2.19 bits per heavy atom. The van der Waals surface area contributed by atoms with E-state index < -0.39 is 0 Å².